The van der Waals surface area contributed by atoms with Crippen LogP contribution in [0, 0.1) is 0 Å². The number of hydrogen-bond donors (Lipinski definition) is 1. The van der Waals surface area contributed by atoms with Crippen LogP contribution in [0.25, 0.3) is 5.65 Å². The Morgan fingerprint density at radius 2 is 2.14 bits per heavy atom. The van der Waals surface area contributed by atoms with Gasteiger partial charge in [0.25, 0.3) is 11.5 Å². The lowest BCUT2D eigenvalue weighted by molar-refractivity contribution is -0.00627. The number of imidazole rings is 1. The first-order valence-electron chi connectivity index (χ1n) is 12.2. The number of nitrogens with zero attached hydrogens (tertiary/aromatic N) is 3. The van der Waals surface area contributed by atoms with Crippen molar-refractivity contribution in [3.8, 4) is 5.75 Å². The molecular formula is C26H29FN4O4. The van der Waals surface area contributed by atoms with Gasteiger partial charge in [-0.05, 0) is 52.2 Å². The predicted molar refractivity (Wildman–Crippen MR) is 128 cm³/mol. The van der Waals surface area contributed by atoms with Gasteiger partial charge in [0.05, 0.1) is 35.6 Å². The highest BCUT2D eigenvalue weighted by Crippen LogP contribution is 2.53. The summed E-state index contributed by atoms with van der Waals surface area (Å²) in [7, 11) is 0. The summed E-state index contributed by atoms with van der Waals surface area (Å²) in [6.07, 6.45) is 7.31. The van der Waals surface area contributed by atoms with Gasteiger partial charge in [0.15, 0.2) is 0 Å². The zero-order chi connectivity index (χ0) is 24.5. The summed E-state index contributed by atoms with van der Waals surface area (Å²) in [5.41, 5.74) is 1.43. The maximum Gasteiger partial charge on any atom is 0.274 e. The van der Waals surface area contributed by atoms with Gasteiger partial charge in [-0.25, -0.2) is 9.37 Å². The zero-order valence-electron chi connectivity index (χ0n) is 20.1. The average molecular weight is 481 g/mol. The number of anilines is 1. The first-order valence-corrected chi connectivity index (χ1v) is 12.2. The Bertz CT molecular complexity index is 1390. The van der Waals surface area contributed by atoms with Crippen molar-refractivity contribution in [1.82, 2.24) is 14.0 Å². The van der Waals surface area contributed by atoms with Crippen molar-refractivity contribution in [2.45, 2.75) is 75.8 Å². The third kappa shape index (κ3) is 3.73. The minimum absolute atomic E-state index is 0.0853. The zero-order valence-corrected chi connectivity index (χ0v) is 20.1. The van der Waals surface area contributed by atoms with Gasteiger partial charge in [0.2, 0.25) is 0 Å². The fourth-order valence-corrected chi connectivity index (χ4v) is 5.54. The summed E-state index contributed by atoms with van der Waals surface area (Å²) >= 11 is 0. The van der Waals surface area contributed by atoms with Crippen molar-refractivity contribution in [2.75, 3.05) is 11.9 Å². The highest BCUT2D eigenvalue weighted by molar-refractivity contribution is 6.06. The maximum atomic E-state index is 13.5. The smallest absolute Gasteiger partial charge is 0.274 e. The Kier molecular flexibility index (Phi) is 4.87. The summed E-state index contributed by atoms with van der Waals surface area (Å²) < 4.78 is 28.7. The Hall–Kier alpha value is -3.20. The van der Waals surface area contributed by atoms with Gasteiger partial charge >= 0.3 is 0 Å². The molecule has 0 aromatic carbocycles. The molecule has 2 bridgehead atoms. The number of nitrogens with one attached hydrogen (secondary N) is 1. The van der Waals surface area contributed by atoms with E-state index >= 15 is 0 Å². The molecule has 3 aromatic rings. The first kappa shape index (κ1) is 22.3. The molecule has 1 aliphatic heterocycles. The maximum absolute atomic E-state index is 13.5. The Morgan fingerprint density at radius 3 is 2.77 bits per heavy atom. The van der Waals surface area contributed by atoms with E-state index in [-0.39, 0.29) is 28.4 Å². The number of rotatable bonds is 6. The van der Waals surface area contributed by atoms with E-state index in [0.29, 0.717) is 24.4 Å². The fraction of sp³-hybridized carbons (Fsp3) is 0.500. The van der Waals surface area contributed by atoms with Gasteiger partial charge in [-0.1, -0.05) is 0 Å². The third-order valence-corrected chi connectivity index (χ3v) is 7.51. The average Bonchev–Trinajstić information content (AvgIpc) is 3.12. The first-order chi connectivity index (χ1) is 16.7. The second kappa shape index (κ2) is 7.65. The Morgan fingerprint density at radius 1 is 1.34 bits per heavy atom. The van der Waals surface area contributed by atoms with Crippen LogP contribution in [0.4, 0.5) is 10.1 Å². The lowest BCUT2D eigenvalue weighted by Crippen LogP contribution is -2.26. The molecule has 2 saturated carbocycles. The molecule has 4 heterocycles. The van der Waals surface area contributed by atoms with E-state index in [4.69, 9.17) is 14.5 Å². The largest absolute Gasteiger partial charge is 0.490 e. The van der Waals surface area contributed by atoms with Crippen molar-refractivity contribution in [3.63, 3.8) is 0 Å². The molecular weight excluding hydrogens is 451 g/mol. The van der Waals surface area contributed by atoms with Gasteiger partial charge in [-0.15, -0.1) is 0 Å². The van der Waals surface area contributed by atoms with Crippen LogP contribution in [-0.4, -0.2) is 44.3 Å². The van der Waals surface area contributed by atoms with Crippen molar-refractivity contribution in [2.24, 2.45) is 0 Å². The molecule has 35 heavy (non-hydrogen) atoms. The van der Waals surface area contributed by atoms with E-state index in [1.54, 1.807) is 24.5 Å². The van der Waals surface area contributed by atoms with Crippen LogP contribution < -0.4 is 15.6 Å². The second-order valence-electron chi connectivity index (χ2n) is 10.7. The molecule has 9 heteroatoms. The summed E-state index contributed by atoms with van der Waals surface area (Å²) in [6, 6.07) is 4.47. The topological polar surface area (TPSA) is 86.9 Å². The van der Waals surface area contributed by atoms with Crippen LogP contribution in [-0.2, 0) is 10.2 Å². The molecule has 1 saturated heterocycles. The summed E-state index contributed by atoms with van der Waals surface area (Å²) in [5, 5.41) is 2.71. The predicted octanol–water partition coefficient (Wildman–Crippen LogP) is 4.03. The number of carbonyl (C=O) groups is 1. The number of alkyl halides is 1. The summed E-state index contributed by atoms with van der Waals surface area (Å²) in [6.45, 7) is 6.58. The minimum Gasteiger partial charge on any atom is -0.490 e. The van der Waals surface area contributed by atoms with Crippen molar-refractivity contribution in [1.29, 1.82) is 0 Å². The molecule has 184 valence electrons. The van der Waals surface area contributed by atoms with E-state index in [1.165, 1.54) is 10.6 Å². The lowest BCUT2D eigenvalue weighted by atomic mass is 9.84. The van der Waals surface area contributed by atoms with Crippen LogP contribution >= 0.6 is 0 Å². The quantitative estimate of drug-likeness (QED) is 0.576. The van der Waals surface area contributed by atoms with E-state index in [9.17, 15) is 14.0 Å². The number of pyridine rings is 2. The van der Waals surface area contributed by atoms with E-state index < -0.39 is 23.7 Å². The number of amides is 1. The van der Waals surface area contributed by atoms with Crippen molar-refractivity contribution in [3.05, 3.63) is 58.4 Å². The van der Waals surface area contributed by atoms with Crippen LogP contribution in [0.3, 0.4) is 0 Å². The number of hydrogen-bond acceptors (Lipinski definition) is 5. The highest BCUT2D eigenvalue weighted by Gasteiger charge is 2.55. The number of ether oxygens (including phenoxy) is 2. The molecule has 0 spiro atoms. The molecule has 1 N–H and O–H groups in total. The van der Waals surface area contributed by atoms with Gasteiger partial charge in [0, 0.05) is 36.5 Å². The highest BCUT2D eigenvalue weighted by atomic mass is 19.1. The van der Waals surface area contributed by atoms with Crippen LogP contribution in [0.2, 0.25) is 0 Å². The van der Waals surface area contributed by atoms with E-state index in [0.717, 1.165) is 25.0 Å². The molecule has 1 unspecified atom stereocenters. The Balaban J connectivity index is 1.35. The van der Waals surface area contributed by atoms with Crippen LogP contribution in [0.15, 0.2) is 41.6 Å². The number of aromatic nitrogens is 3. The SMILES string of the molecule is CC(C)Oc1cc2nc(C34CC[C@@](C)(C3)OC4)cn2cc1C(=O)Nc1cccn([C@@H]2C[C@@H]2F)c1=O. The van der Waals surface area contributed by atoms with Gasteiger partial charge < -0.3 is 23.8 Å². The van der Waals surface area contributed by atoms with E-state index in [1.807, 2.05) is 24.4 Å². The molecule has 6 rings (SSSR count). The van der Waals surface area contributed by atoms with Crippen LogP contribution in [0.1, 0.15) is 68.5 Å². The monoisotopic (exact) mass is 480 g/mol. The lowest BCUT2D eigenvalue weighted by Gasteiger charge is -2.24. The molecule has 2 aliphatic carbocycles. The van der Waals surface area contributed by atoms with Gasteiger partial charge in [0.1, 0.15) is 23.3 Å². The van der Waals surface area contributed by atoms with E-state index in [2.05, 4.69) is 12.2 Å². The number of carbonyl (C=O) groups excluding carboxylic acids is 1. The molecule has 4 atom stereocenters. The van der Waals surface area contributed by atoms with Crippen LogP contribution in [0.5, 0.6) is 5.75 Å². The van der Waals surface area contributed by atoms with Crippen molar-refractivity contribution < 1.29 is 18.7 Å². The molecule has 1 amide bonds. The molecule has 0 radical (unpaired) electrons. The normalized spacial score (nSPS) is 29.2. The standard InChI is InChI=1S/C26H29FN4O4/c1-15(2)35-20-10-22-29-21(26-7-6-25(3,13-26)34-14-26)12-30(22)11-16(20)23(32)28-18-5-4-8-31(24(18)33)19-9-17(19)27/h4-5,8,10-12,15,17,19H,6-7,9,13-14H2,1-3H3,(H,28,32)/t17-,19+,25-,26?/m0/s1. The third-order valence-electron chi connectivity index (χ3n) is 7.51. The van der Waals surface area contributed by atoms with Gasteiger partial charge in [-0.3, -0.25) is 9.59 Å². The second-order valence-corrected chi connectivity index (χ2v) is 10.7. The van der Waals surface area contributed by atoms with Gasteiger partial charge in [-0.2, -0.15) is 0 Å². The fourth-order valence-electron chi connectivity index (χ4n) is 5.54. The molecule has 3 aliphatic rings. The molecule has 3 aromatic heterocycles. The number of fused-ring (bicyclic) bond motifs is 3. The molecule has 3 fully saturated rings. The van der Waals surface area contributed by atoms with Crippen molar-refractivity contribution >= 4 is 17.2 Å². The minimum atomic E-state index is -1.02. The summed E-state index contributed by atoms with van der Waals surface area (Å²) in [5.74, 6) is -0.0862. The number of halogens is 1. The Labute approximate surface area is 202 Å². The summed E-state index contributed by atoms with van der Waals surface area (Å²) in [4.78, 5) is 31.0. The molecule has 8 nitrogen and oxygen atoms in total.